The van der Waals surface area contributed by atoms with Gasteiger partial charge in [-0.05, 0) is 64.0 Å². The van der Waals surface area contributed by atoms with Crippen LogP contribution >= 0.6 is 0 Å². The quantitative estimate of drug-likeness (QED) is 0.239. The Labute approximate surface area is 205 Å². The Balaban J connectivity index is 1.69. The van der Waals surface area contributed by atoms with E-state index in [4.69, 9.17) is 9.47 Å². The molecular formula is C23H33N5O6S. The number of imidazole rings is 1. The molecule has 192 valence electrons. The van der Waals surface area contributed by atoms with Gasteiger partial charge in [-0.2, -0.15) is 4.72 Å². The smallest absolute Gasteiger partial charge is 0.332 e. The van der Waals surface area contributed by atoms with Crippen molar-refractivity contribution in [2.75, 3.05) is 33.8 Å². The molecule has 1 aromatic heterocycles. The number of aryl methyl sites for hydroxylation is 1. The van der Waals surface area contributed by atoms with Crippen LogP contribution in [0.25, 0.3) is 0 Å². The van der Waals surface area contributed by atoms with Crippen LogP contribution in [0.3, 0.4) is 0 Å². The van der Waals surface area contributed by atoms with Crippen molar-refractivity contribution in [3.8, 4) is 5.75 Å². The SMILES string of the molecule is CN(C)CCCOc1ccc(C[C@H](NS(=O)(=O)c2cn(C)cn2)C(=O)OC(=O)[C@@H]2CCCN2)cc1. The van der Waals surface area contributed by atoms with E-state index >= 15 is 0 Å². The molecule has 11 nitrogen and oxygen atoms in total. The molecule has 2 N–H and O–H groups in total. The molecular weight excluding hydrogens is 474 g/mol. The zero-order valence-corrected chi connectivity index (χ0v) is 21.1. The van der Waals surface area contributed by atoms with Crippen LogP contribution in [0.1, 0.15) is 24.8 Å². The third-order valence-corrected chi connectivity index (χ3v) is 6.82. The van der Waals surface area contributed by atoms with Gasteiger partial charge in [-0.1, -0.05) is 12.1 Å². The molecule has 1 aromatic carbocycles. The average molecular weight is 508 g/mol. The molecule has 0 spiro atoms. The molecule has 35 heavy (non-hydrogen) atoms. The van der Waals surface area contributed by atoms with Gasteiger partial charge in [0.1, 0.15) is 17.8 Å². The number of esters is 2. The second kappa shape index (κ2) is 12.2. The van der Waals surface area contributed by atoms with Gasteiger partial charge in [-0.3, -0.25) is 0 Å². The van der Waals surface area contributed by atoms with E-state index in [1.165, 1.54) is 17.1 Å². The molecule has 3 rings (SSSR count). The highest BCUT2D eigenvalue weighted by molar-refractivity contribution is 7.89. The number of aromatic nitrogens is 2. The normalized spacial score (nSPS) is 16.9. The fraction of sp³-hybridized carbons (Fsp3) is 0.522. The molecule has 0 saturated carbocycles. The Hall–Kier alpha value is -2.80. The van der Waals surface area contributed by atoms with Gasteiger partial charge in [0.05, 0.1) is 12.9 Å². The number of ether oxygens (including phenoxy) is 2. The Morgan fingerprint density at radius 3 is 2.63 bits per heavy atom. The average Bonchev–Trinajstić information content (AvgIpc) is 3.49. The minimum absolute atomic E-state index is 0.0167. The van der Waals surface area contributed by atoms with Crippen LogP contribution in [0.2, 0.25) is 0 Å². The first-order valence-corrected chi connectivity index (χ1v) is 13.0. The summed E-state index contributed by atoms with van der Waals surface area (Å²) in [6.45, 7) is 2.13. The number of carbonyl (C=O) groups is 2. The lowest BCUT2D eigenvalue weighted by molar-refractivity contribution is -0.162. The van der Waals surface area contributed by atoms with Gasteiger partial charge in [0.2, 0.25) is 0 Å². The standard InChI is InChI=1S/C23H33N5O6S/c1-27(2)12-5-13-33-18-9-7-17(8-10-18)14-20(23(30)34-22(29)19-6-4-11-24-19)26-35(31,32)21-15-28(3)16-25-21/h7-10,15-16,19-20,24,26H,4-6,11-14H2,1-3H3/t19-,20-/m0/s1. The molecule has 0 bridgehead atoms. The van der Waals surface area contributed by atoms with Gasteiger partial charge in [0, 0.05) is 19.8 Å². The van der Waals surface area contributed by atoms with Gasteiger partial charge in [-0.25, -0.2) is 23.0 Å². The van der Waals surface area contributed by atoms with Crippen LogP contribution in [0.5, 0.6) is 5.75 Å². The van der Waals surface area contributed by atoms with Gasteiger partial charge >= 0.3 is 11.9 Å². The van der Waals surface area contributed by atoms with Crippen molar-refractivity contribution in [3.63, 3.8) is 0 Å². The van der Waals surface area contributed by atoms with E-state index in [0.717, 1.165) is 19.4 Å². The predicted octanol–water partition coefficient (Wildman–Crippen LogP) is 0.462. The Morgan fingerprint density at radius 2 is 2.03 bits per heavy atom. The molecule has 12 heteroatoms. The lowest BCUT2D eigenvalue weighted by Gasteiger charge is -2.18. The molecule has 2 heterocycles. The maximum atomic E-state index is 12.9. The third-order valence-electron chi connectivity index (χ3n) is 5.47. The number of benzene rings is 1. The Kier molecular flexibility index (Phi) is 9.38. The molecule has 0 aliphatic carbocycles. The summed E-state index contributed by atoms with van der Waals surface area (Å²) in [5.41, 5.74) is 0.669. The van der Waals surface area contributed by atoms with Crippen molar-refractivity contribution < 1.29 is 27.5 Å². The van der Waals surface area contributed by atoms with Crippen LogP contribution in [0.4, 0.5) is 0 Å². The lowest BCUT2D eigenvalue weighted by atomic mass is 10.1. The maximum absolute atomic E-state index is 12.9. The summed E-state index contributed by atoms with van der Waals surface area (Å²) in [6, 6.07) is 5.12. The first kappa shape index (κ1) is 26.8. The van der Waals surface area contributed by atoms with E-state index in [0.29, 0.717) is 30.9 Å². The van der Waals surface area contributed by atoms with E-state index in [2.05, 4.69) is 19.9 Å². The van der Waals surface area contributed by atoms with Crippen LogP contribution in [0.15, 0.2) is 41.8 Å². The largest absolute Gasteiger partial charge is 0.494 e. The van der Waals surface area contributed by atoms with E-state index < -0.39 is 34.0 Å². The molecule has 2 aromatic rings. The number of nitrogens with one attached hydrogen (secondary N) is 2. The third kappa shape index (κ3) is 8.13. The minimum atomic E-state index is -4.13. The molecule has 1 fully saturated rings. The second-order valence-electron chi connectivity index (χ2n) is 8.79. The van der Waals surface area contributed by atoms with Gasteiger partial charge in [0.15, 0.2) is 5.03 Å². The van der Waals surface area contributed by atoms with Crippen molar-refractivity contribution in [1.29, 1.82) is 0 Å². The van der Waals surface area contributed by atoms with E-state index in [9.17, 15) is 18.0 Å². The van der Waals surface area contributed by atoms with Crippen LogP contribution in [-0.2, 0) is 37.8 Å². The molecule has 0 radical (unpaired) electrons. The summed E-state index contributed by atoms with van der Waals surface area (Å²) in [5.74, 6) is -1.01. The summed E-state index contributed by atoms with van der Waals surface area (Å²) in [4.78, 5) is 31.1. The summed E-state index contributed by atoms with van der Waals surface area (Å²) in [6.07, 6.45) is 4.88. The van der Waals surface area contributed by atoms with Crippen molar-refractivity contribution in [1.82, 2.24) is 24.5 Å². The van der Waals surface area contributed by atoms with Crippen LogP contribution in [0, 0.1) is 0 Å². The Morgan fingerprint density at radius 1 is 1.29 bits per heavy atom. The van der Waals surface area contributed by atoms with Crippen LogP contribution < -0.4 is 14.8 Å². The minimum Gasteiger partial charge on any atom is -0.494 e. The molecule has 1 aliphatic heterocycles. The number of nitrogens with zero attached hydrogens (tertiary/aromatic N) is 3. The highest BCUT2D eigenvalue weighted by atomic mass is 32.2. The van der Waals surface area contributed by atoms with E-state index in [1.807, 2.05) is 14.1 Å². The van der Waals surface area contributed by atoms with Gasteiger partial charge in [-0.15, -0.1) is 0 Å². The number of sulfonamides is 1. The van der Waals surface area contributed by atoms with Gasteiger partial charge in [0.25, 0.3) is 10.0 Å². The fourth-order valence-corrected chi connectivity index (χ4v) is 4.77. The zero-order chi connectivity index (χ0) is 25.4. The summed E-state index contributed by atoms with van der Waals surface area (Å²) >= 11 is 0. The second-order valence-corrected chi connectivity index (χ2v) is 10.5. The van der Waals surface area contributed by atoms with Crippen molar-refractivity contribution in [2.24, 2.45) is 7.05 Å². The van der Waals surface area contributed by atoms with E-state index in [-0.39, 0.29) is 11.4 Å². The first-order valence-electron chi connectivity index (χ1n) is 11.5. The monoisotopic (exact) mass is 507 g/mol. The van der Waals surface area contributed by atoms with Crippen molar-refractivity contribution in [3.05, 3.63) is 42.4 Å². The predicted molar refractivity (Wildman–Crippen MR) is 128 cm³/mol. The molecule has 2 atom stereocenters. The van der Waals surface area contributed by atoms with Crippen molar-refractivity contribution in [2.45, 2.75) is 42.8 Å². The number of carbonyl (C=O) groups excluding carboxylic acids is 2. The fourth-order valence-electron chi connectivity index (χ4n) is 3.60. The lowest BCUT2D eigenvalue weighted by Crippen LogP contribution is -2.45. The molecule has 1 aliphatic rings. The summed E-state index contributed by atoms with van der Waals surface area (Å²) < 4.78 is 40.2. The Bertz CT molecular complexity index is 1090. The number of hydrogen-bond donors (Lipinski definition) is 2. The number of hydrogen-bond acceptors (Lipinski definition) is 9. The highest BCUT2D eigenvalue weighted by Crippen LogP contribution is 2.16. The van der Waals surface area contributed by atoms with Crippen molar-refractivity contribution >= 4 is 22.0 Å². The highest BCUT2D eigenvalue weighted by Gasteiger charge is 2.32. The molecule has 0 unspecified atom stereocenters. The topological polar surface area (TPSA) is 132 Å². The van der Waals surface area contributed by atoms with Crippen LogP contribution in [-0.4, -0.2) is 80.7 Å². The molecule has 1 saturated heterocycles. The summed E-state index contributed by atoms with van der Waals surface area (Å²) in [7, 11) is 1.50. The zero-order valence-electron chi connectivity index (χ0n) is 20.3. The van der Waals surface area contributed by atoms with Gasteiger partial charge < -0.3 is 24.3 Å². The maximum Gasteiger partial charge on any atom is 0.332 e. The van der Waals surface area contributed by atoms with E-state index in [1.54, 1.807) is 31.3 Å². The summed E-state index contributed by atoms with van der Waals surface area (Å²) in [5, 5.41) is 2.73. The first-order chi connectivity index (χ1) is 16.6. The number of rotatable bonds is 12. The molecule has 0 amide bonds.